The van der Waals surface area contributed by atoms with Crippen LogP contribution in [0.5, 0.6) is 5.75 Å². The Labute approximate surface area is 129 Å². The number of non-ortho nitro benzene ring substituents is 1. The van der Waals surface area contributed by atoms with E-state index in [0.29, 0.717) is 0 Å². The summed E-state index contributed by atoms with van der Waals surface area (Å²) in [5.74, 6) is -0.0337. The molecule has 122 valence electrons. The fourth-order valence-corrected chi connectivity index (χ4v) is 2.26. The van der Waals surface area contributed by atoms with Crippen molar-refractivity contribution in [3.8, 4) is 5.75 Å². The first kappa shape index (κ1) is 16.9. The van der Waals surface area contributed by atoms with E-state index >= 15 is 0 Å². The number of benzene rings is 1. The fraction of sp³-hybridized carbons (Fsp3) is 0.500. The molecule has 1 saturated heterocycles. The van der Waals surface area contributed by atoms with Crippen LogP contribution in [0.1, 0.15) is 0 Å². The van der Waals surface area contributed by atoms with E-state index in [1.54, 1.807) is 0 Å². The summed E-state index contributed by atoms with van der Waals surface area (Å²) in [6.45, 7) is -0.597. The number of nitro groups is 1. The molecule has 1 aromatic carbocycles. The third-order valence-electron chi connectivity index (χ3n) is 3.23. The van der Waals surface area contributed by atoms with Crippen molar-refractivity contribution in [2.75, 3.05) is 6.61 Å². The van der Waals surface area contributed by atoms with Gasteiger partial charge in [-0.3, -0.25) is 10.1 Å². The Morgan fingerprint density at radius 1 is 1.32 bits per heavy atom. The summed E-state index contributed by atoms with van der Waals surface area (Å²) in [7, 11) is 0. The molecule has 1 aliphatic heterocycles. The monoisotopic (exact) mass is 335 g/mol. The highest BCUT2D eigenvalue weighted by Gasteiger charge is 2.45. The van der Waals surface area contributed by atoms with Crippen LogP contribution in [0.2, 0.25) is 5.02 Å². The van der Waals surface area contributed by atoms with Gasteiger partial charge in [-0.1, -0.05) is 11.6 Å². The smallest absolute Gasteiger partial charge is 0.271 e. The number of ether oxygens (including phenoxy) is 2. The summed E-state index contributed by atoms with van der Waals surface area (Å²) in [6.07, 6.45) is -7.18. The highest BCUT2D eigenvalue weighted by molar-refractivity contribution is 6.32. The van der Waals surface area contributed by atoms with Crippen LogP contribution in [0.3, 0.4) is 0 Å². The molecule has 9 nitrogen and oxygen atoms in total. The third-order valence-corrected chi connectivity index (χ3v) is 3.53. The Hall–Kier alpha value is -1.49. The molecule has 0 radical (unpaired) electrons. The van der Waals surface area contributed by atoms with Crippen molar-refractivity contribution in [2.45, 2.75) is 30.7 Å². The lowest BCUT2D eigenvalue weighted by Crippen LogP contribution is -2.60. The van der Waals surface area contributed by atoms with Gasteiger partial charge in [0.25, 0.3) is 5.69 Å². The minimum atomic E-state index is -1.62. The van der Waals surface area contributed by atoms with Crippen LogP contribution in [0.4, 0.5) is 5.69 Å². The zero-order valence-electron chi connectivity index (χ0n) is 11.1. The molecule has 1 aliphatic rings. The van der Waals surface area contributed by atoms with E-state index in [1.807, 2.05) is 0 Å². The molecule has 0 spiro atoms. The molecule has 4 N–H and O–H groups in total. The summed E-state index contributed by atoms with van der Waals surface area (Å²) < 4.78 is 10.2. The topological polar surface area (TPSA) is 143 Å². The fourth-order valence-electron chi connectivity index (χ4n) is 2.04. The van der Waals surface area contributed by atoms with E-state index in [2.05, 4.69) is 0 Å². The van der Waals surface area contributed by atoms with Gasteiger partial charge in [-0.05, 0) is 6.07 Å². The van der Waals surface area contributed by atoms with Gasteiger partial charge in [0.15, 0.2) is 12.4 Å². The van der Waals surface area contributed by atoms with Crippen LogP contribution in [0, 0.1) is 10.1 Å². The third kappa shape index (κ3) is 3.29. The van der Waals surface area contributed by atoms with Gasteiger partial charge in [0.05, 0.1) is 16.6 Å². The average Bonchev–Trinajstić information content (AvgIpc) is 2.48. The lowest BCUT2D eigenvalue weighted by atomic mass is 9.99. The highest BCUT2D eigenvalue weighted by atomic mass is 35.5. The molecule has 10 heteroatoms. The average molecular weight is 336 g/mol. The van der Waals surface area contributed by atoms with Crippen LogP contribution in [-0.2, 0) is 4.74 Å². The van der Waals surface area contributed by atoms with Gasteiger partial charge in [-0.15, -0.1) is 0 Å². The normalized spacial score (nSPS) is 31.8. The predicted octanol–water partition coefficient (Wildman–Crippen LogP) is -0.573. The largest absolute Gasteiger partial charge is 0.481 e. The highest BCUT2D eigenvalue weighted by Crippen LogP contribution is 2.32. The van der Waals surface area contributed by atoms with Gasteiger partial charge >= 0.3 is 0 Å². The summed E-state index contributed by atoms with van der Waals surface area (Å²) in [4.78, 5) is 9.98. The Bertz CT molecular complexity index is 556. The lowest BCUT2D eigenvalue weighted by Gasteiger charge is -2.39. The van der Waals surface area contributed by atoms with Gasteiger partial charge in [-0.2, -0.15) is 0 Å². The van der Waals surface area contributed by atoms with Crippen LogP contribution >= 0.6 is 11.6 Å². The molecular formula is C12H14ClNO8. The van der Waals surface area contributed by atoms with Crippen LogP contribution in [-0.4, -0.2) is 62.7 Å². The van der Waals surface area contributed by atoms with Crippen molar-refractivity contribution in [2.24, 2.45) is 0 Å². The maximum absolute atomic E-state index is 10.6. The summed E-state index contributed by atoms with van der Waals surface area (Å²) in [5.41, 5.74) is -0.251. The van der Waals surface area contributed by atoms with E-state index in [9.17, 15) is 25.4 Å². The molecule has 22 heavy (non-hydrogen) atoms. The van der Waals surface area contributed by atoms with E-state index in [4.69, 9.17) is 26.2 Å². The minimum absolute atomic E-state index is 0.0337. The Morgan fingerprint density at radius 2 is 2.00 bits per heavy atom. The number of nitrogens with zero attached hydrogens (tertiary/aromatic N) is 1. The molecule has 0 saturated carbocycles. The minimum Gasteiger partial charge on any atom is -0.481 e. The van der Waals surface area contributed by atoms with Crippen molar-refractivity contribution >= 4 is 17.3 Å². The molecule has 0 aliphatic carbocycles. The van der Waals surface area contributed by atoms with Gasteiger partial charge in [-0.25, -0.2) is 0 Å². The summed E-state index contributed by atoms with van der Waals surface area (Å²) in [5, 5.41) is 48.9. The summed E-state index contributed by atoms with van der Waals surface area (Å²) >= 11 is 5.84. The second-order valence-corrected chi connectivity index (χ2v) is 5.09. The predicted molar refractivity (Wildman–Crippen MR) is 72.5 cm³/mol. The SMILES string of the molecule is O=[N+]([O-])c1ccc(O[C@@H]2[C@@H](O)[C@H](O)[C@@H](CO)O[C@H]2O)c(Cl)c1. The van der Waals surface area contributed by atoms with E-state index in [-0.39, 0.29) is 16.5 Å². The quantitative estimate of drug-likeness (QED) is 0.423. The second-order valence-electron chi connectivity index (χ2n) is 4.68. The van der Waals surface area contributed by atoms with Gasteiger partial charge in [0.1, 0.15) is 24.1 Å². The zero-order chi connectivity index (χ0) is 16.4. The van der Waals surface area contributed by atoms with Crippen LogP contribution in [0.15, 0.2) is 18.2 Å². The van der Waals surface area contributed by atoms with E-state index in [1.165, 1.54) is 6.07 Å². The first-order chi connectivity index (χ1) is 10.3. The van der Waals surface area contributed by atoms with E-state index < -0.39 is 42.2 Å². The number of hydrogen-bond donors (Lipinski definition) is 4. The molecule has 0 unspecified atom stereocenters. The number of halogens is 1. The Morgan fingerprint density at radius 3 is 2.55 bits per heavy atom. The molecule has 1 heterocycles. The number of rotatable bonds is 4. The van der Waals surface area contributed by atoms with Gasteiger partial charge in [0, 0.05) is 12.1 Å². The number of aliphatic hydroxyl groups is 4. The standard InChI is InChI=1S/C12H14ClNO8/c13-6-3-5(14(19)20)1-2-7(6)21-11-10(17)9(16)8(4-15)22-12(11)18/h1-3,8-12,15-18H,4H2/t8-,9-,10+,11-,12-/m1/s1. The second kappa shape index (κ2) is 6.73. The van der Waals surface area contributed by atoms with Crippen molar-refractivity contribution < 1.29 is 34.8 Å². The van der Waals surface area contributed by atoms with Crippen molar-refractivity contribution in [3.63, 3.8) is 0 Å². The maximum Gasteiger partial charge on any atom is 0.271 e. The molecule has 2 rings (SSSR count). The molecule has 0 aromatic heterocycles. The van der Waals surface area contributed by atoms with Gasteiger partial charge < -0.3 is 29.9 Å². The molecule has 1 fully saturated rings. The van der Waals surface area contributed by atoms with Crippen LogP contribution < -0.4 is 4.74 Å². The Balaban J connectivity index is 2.17. The number of hydrogen-bond acceptors (Lipinski definition) is 8. The van der Waals surface area contributed by atoms with Crippen molar-refractivity contribution in [3.05, 3.63) is 33.3 Å². The zero-order valence-corrected chi connectivity index (χ0v) is 11.8. The molecule has 0 amide bonds. The molecular weight excluding hydrogens is 322 g/mol. The first-order valence-corrected chi connectivity index (χ1v) is 6.64. The molecule has 5 atom stereocenters. The number of nitro benzene ring substituents is 1. The first-order valence-electron chi connectivity index (χ1n) is 6.26. The maximum atomic E-state index is 10.6. The summed E-state index contributed by atoms with van der Waals surface area (Å²) in [6, 6.07) is 3.38. The Kier molecular flexibility index (Phi) is 5.16. The van der Waals surface area contributed by atoms with Gasteiger partial charge in [0.2, 0.25) is 0 Å². The van der Waals surface area contributed by atoms with Crippen molar-refractivity contribution in [1.29, 1.82) is 0 Å². The molecule has 0 bridgehead atoms. The van der Waals surface area contributed by atoms with Crippen LogP contribution in [0.25, 0.3) is 0 Å². The van der Waals surface area contributed by atoms with Crippen molar-refractivity contribution in [1.82, 2.24) is 0 Å². The van der Waals surface area contributed by atoms with E-state index in [0.717, 1.165) is 12.1 Å². The molecule has 1 aromatic rings. The number of aliphatic hydroxyl groups excluding tert-OH is 4. The lowest BCUT2D eigenvalue weighted by molar-refractivity contribution is -0.384.